The second-order valence-electron chi connectivity index (χ2n) is 6.06. The largest absolute Gasteiger partial charge is 0.326 e. The Balaban J connectivity index is 0.00000242. The first-order valence-corrected chi connectivity index (χ1v) is 8.28. The summed E-state index contributed by atoms with van der Waals surface area (Å²) in [5, 5.41) is 2.97. The number of hydrogen-bond acceptors (Lipinski definition) is 2. The molecule has 0 bridgehead atoms. The average molecular weight is 325 g/mol. The summed E-state index contributed by atoms with van der Waals surface area (Å²) in [4.78, 5) is 14.0. The minimum absolute atomic E-state index is 0. The molecule has 1 amide bonds. The second-order valence-corrected chi connectivity index (χ2v) is 6.06. The maximum Gasteiger partial charge on any atom is 0.221 e. The molecular formula is C18H29ClN2O. The standard InChI is InChI=1S/C18H28N2O.ClH/c1-4-11-20(12-5-2)16-9-10-17-15(13-16)7-6-8-18(17)19-14(3)21;/h6-8,16H,4-5,9-13H2,1-3H3,(H,19,21);1H/t16-;/m1./s1. The van der Waals surface area contributed by atoms with Gasteiger partial charge in [-0.15, -0.1) is 12.4 Å². The number of fused-ring (bicyclic) bond motifs is 1. The summed E-state index contributed by atoms with van der Waals surface area (Å²) in [5.41, 5.74) is 3.77. The van der Waals surface area contributed by atoms with Gasteiger partial charge in [0.05, 0.1) is 0 Å². The number of halogens is 1. The van der Waals surface area contributed by atoms with Gasteiger partial charge in [-0.25, -0.2) is 0 Å². The van der Waals surface area contributed by atoms with Crippen LogP contribution in [0.4, 0.5) is 5.69 Å². The van der Waals surface area contributed by atoms with Gasteiger partial charge in [0.1, 0.15) is 0 Å². The third-order valence-corrected chi connectivity index (χ3v) is 4.30. The molecule has 22 heavy (non-hydrogen) atoms. The van der Waals surface area contributed by atoms with E-state index in [1.807, 2.05) is 6.07 Å². The van der Waals surface area contributed by atoms with Crippen molar-refractivity contribution in [2.45, 2.75) is 58.9 Å². The maximum atomic E-state index is 11.3. The molecule has 1 aromatic rings. The minimum Gasteiger partial charge on any atom is -0.326 e. The van der Waals surface area contributed by atoms with Crippen LogP contribution in [0.3, 0.4) is 0 Å². The highest BCUT2D eigenvalue weighted by Crippen LogP contribution is 2.30. The molecular weight excluding hydrogens is 296 g/mol. The van der Waals surface area contributed by atoms with E-state index in [1.165, 1.54) is 43.5 Å². The molecule has 1 aromatic carbocycles. The van der Waals surface area contributed by atoms with Crippen LogP contribution >= 0.6 is 12.4 Å². The number of rotatable bonds is 6. The fourth-order valence-corrected chi connectivity index (χ4v) is 3.46. The van der Waals surface area contributed by atoms with Gasteiger partial charge in [-0.2, -0.15) is 0 Å². The zero-order valence-corrected chi connectivity index (χ0v) is 14.8. The van der Waals surface area contributed by atoms with Crippen molar-refractivity contribution in [3.8, 4) is 0 Å². The van der Waals surface area contributed by atoms with Gasteiger partial charge in [-0.3, -0.25) is 4.79 Å². The van der Waals surface area contributed by atoms with Crippen LogP contribution in [0.1, 0.15) is 51.2 Å². The second kappa shape index (κ2) is 9.16. The van der Waals surface area contributed by atoms with Crippen molar-refractivity contribution in [3.63, 3.8) is 0 Å². The van der Waals surface area contributed by atoms with Crippen molar-refractivity contribution >= 4 is 24.0 Å². The Morgan fingerprint density at radius 1 is 1.27 bits per heavy atom. The van der Waals surface area contributed by atoms with Crippen molar-refractivity contribution in [2.75, 3.05) is 18.4 Å². The molecule has 0 spiro atoms. The lowest BCUT2D eigenvalue weighted by Gasteiger charge is -2.35. The van der Waals surface area contributed by atoms with Crippen LogP contribution in [0.5, 0.6) is 0 Å². The van der Waals surface area contributed by atoms with Crippen LogP contribution in [0.15, 0.2) is 18.2 Å². The Morgan fingerprint density at radius 2 is 1.95 bits per heavy atom. The van der Waals surface area contributed by atoms with Crippen LogP contribution < -0.4 is 5.32 Å². The van der Waals surface area contributed by atoms with Crippen LogP contribution in [-0.2, 0) is 17.6 Å². The first-order valence-electron chi connectivity index (χ1n) is 8.28. The Labute approximate surface area is 140 Å². The van der Waals surface area contributed by atoms with E-state index in [2.05, 4.69) is 36.2 Å². The molecule has 4 heteroatoms. The van der Waals surface area contributed by atoms with Gasteiger partial charge in [0.25, 0.3) is 0 Å². The van der Waals surface area contributed by atoms with Gasteiger partial charge in [-0.1, -0.05) is 26.0 Å². The number of amides is 1. The zero-order valence-electron chi connectivity index (χ0n) is 14.0. The highest BCUT2D eigenvalue weighted by Gasteiger charge is 2.24. The summed E-state index contributed by atoms with van der Waals surface area (Å²) < 4.78 is 0. The Bertz CT molecular complexity index is 484. The van der Waals surface area contributed by atoms with E-state index in [1.54, 1.807) is 6.92 Å². The smallest absolute Gasteiger partial charge is 0.221 e. The number of carbonyl (C=O) groups is 1. The van der Waals surface area contributed by atoms with E-state index < -0.39 is 0 Å². The van der Waals surface area contributed by atoms with Crippen LogP contribution in [-0.4, -0.2) is 29.9 Å². The van der Waals surface area contributed by atoms with Gasteiger partial charge >= 0.3 is 0 Å². The lowest BCUT2D eigenvalue weighted by Crippen LogP contribution is -2.40. The molecule has 0 saturated heterocycles. The summed E-state index contributed by atoms with van der Waals surface area (Å²) in [7, 11) is 0. The fourth-order valence-electron chi connectivity index (χ4n) is 3.46. The van der Waals surface area contributed by atoms with Crippen molar-refractivity contribution in [3.05, 3.63) is 29.3 Å². The Morgan fingerprint density at radius 3 is 2.55 bits per heavy atom. The minimum atomic E-state index is 0. The average Bonchev–Trinajstić information content (AvgIpc) is 2.46. The van der Waals surface area contributed by atoms with Crippen molar-refractivity contribution in [2.24, 2.45) is 0 Å². The number of anilines is 1. The van der Waals surface area contributed by atoms with Crippen LogP contribution in [0, 0.1) is 0 Å². The molecule has 0 fully saturated rings. The first kappa shape index (κ1) is 19.0. The lowest BCUT2D eigenvalue weighted by molar-refractivity contribution is -0.114. The van der Waals surface area contributed by atoms with Gasteiger partial charge in [0.2, 0.25) is 5.91 Å². The Kier molecular flexibility index (Phi) is 7.91. The molecule has 0 aliphatic heterocycles. The van der Waals surface area contributed by atoms with Gasteiger partial charge in [-0.05, 0) is 62.4 Å². The fraction of sp³-hybridized carbons (Fsp3) is 0.611. The normalized spacial score (nSPS) is 16.8. The van der Waals surface area contributed by atoms with Crippen molar-refractivity contribution in [1.29, 1.82) is 0 Å². The maximum absolute atomic E-state index is 11.3. The summed E-state index contributed by atoms with van der Waals surface area (Å²) in [6, 6.07) is 6.97. The van der Waals surface area contributed by atoms with Crippen LogP contribution in [0.25, 0.3) is 0 Å². The van der Waals surface area contributed by atoms with Crippen molar-refractivity contribution < 1.29 is 4.79 Å². The summed E-state index contributed by atoms with van der Waals surface area (Å²) in [5.74, 6) is 0.0177. The summed E-state index contributed by atoms with van der Waals surface area (Å²) in [6.45, 7) is 8.48. The topological polar surface area (TPSA) is 32.3 Å². The highest BCUT2D eigenvalue weighted by atomic mass is 35.5. The summed E-state index contributed by atoms with van der Waals surface area (Å²) in [6.07, 6.45) is 5.82. The molecule has 3 nitrogen and oxygen atoms in total. The molecule has 1 atom stereocenters. The first-order chi connectivity index (χ1) is 10.2. The predicted octanol–water partition coefficient (Wildman–Crippen LogP) is 4.05. The third-order valence-electron chi connectivity index (χ3n) is 4.30. The number of nitrogens with one attached hydrogen (secondary N) is 1. The SMILES string of the molecule is CCCN(CCC)[C@@H]1CCc2c(cccc2NC(C)=O)C1.Cl. The van der Waals surface area contributed by atoms with Crippen LogP contribution in [0.2, 0.25) is 0 Å². The van der Waals surface area contributed by atoms with Gasteiger partial charge in [0, 0.05) is 18.7 Å². The summed E-state index contributed by atoms with van der Waals surface area (Å²) >= 11 is 0. The Hall–Kier alpha value is -1.06. The molecule has 1 N–H and O–H groups in total. The molecule has 0 aromatic heterocycles. The zero-order chi connectivity index (χ0) is 15.2. The van der Waals surface area contributed by atoms with Crippen molar-refractivity contribution in [1.82, 2.24) is 4.90 Å². The number of hydrogen-bond donors (Lipinski definition) is 1. The number of carbonyl (C=O) groups excluding carboxylic acids is 1. The molecule has 0 unspecified atom stereocenters. The highest BCUT2D eigenvalue weighted by molar-refractivity contribution is 5.89. The quantitative estimate of drug-likeness (QED) is 0.856. The van der Waals surface area contributed by atoms with E-state index >= 15 is 0 Å². The molecule has 124 valence electrons. The van der Waals surface area contributed by atoms with E-state index in [4.69, 9.17) is 0 Å². The number of nitrogens with zero attached hydrogens (tertiary/aromatic N) is 1. The van der Waals surface area contributed by atoms with E-state index in [0.717, 1.165) is 18.5 Å². The molecule has 2 rings (SSSR count). The van der Waals surface area contributed by atoms with E-state index in [0.29, 0.717) is 6.04 Å². The molecule has 0 heterocycles. The molecule has 0 radical (unpaired) electrons. The van der Waals surface area contributed by atoms with Gasteiger partial charge < -0.3 is 10.2 Å². The molecule has 0 saturated carbocycles. The van der Waals surface area contributed by atoms with Gasteiger partial charge in [0.15, 0.2) is 0 Å². The predicted molar refractivity (Wildman–Crippen MR) is 96.0 cm³/mol. The monoisotopic (exact) mass is 324 g/mol. The van der Waals surface area contributed by atoms with E-state index in [9.17, 15) is 4.79 Å². The molecule has 1 aliphatic rings. The lowest BCUT2D eigenvalue weighted by atomic mass is 9.86. The molecule has 1 aliphatic carbocycles. The third kappa shape index (κ3) is 4.72. The van der Waals surface area contributed by atoms with E-state index in [-0.39, 0.29) is 18.3 Å². The number of benzene rings is 1.